The van der Waals surface area contributed by atoms with E-state index in [1.54, 1.807) is 0 Å². The molecule has 0 spiro atoms. The van der Waals surface area contributed by atoms with Crippen LogP contribution in [-0.2, 0) is 4.79 Å². The molecule has 28 heavy (non-hydrogen) atoms. The molecule has 0 bridgehead atoms. The van der Waals surface area contributed by atoms with Crippen LogP contribution in [0, 0.1) is 34.5 Å². The lowest BCUT2D eigenvalue weighted by Gasteiger charge is -2.60. The molecule has 4 aliphatic rings. The van der Waals surface area contributed by atoms with Gasteiger partial charge in [-0.2, -0.15) is 0 Å². The first kappa shape index (κ1) is 18.4. The molecule has 5 rings (SSSR count). The van der Waals surface area contributed by atoms with Crippen LogP contribution in [0.1, 0.15) is 70.9 Å². The fourth-order valence-corrected chi connectivity index (χ4v) is 7.75. The van der Waals surface area contributed by atoms with E-state index in [1.807, 2.05) is 12.3 Å². The van der Waals surface area contributed by atoms with Crippen molar-refractivity contribution in [2.24, 2.45) is 34.5 Å². The molecule has 2 heterocycles. The minimum Gasteiger partial charge on any atom is -0.353 e. The van der Waals surface area contributed by atoms with Crippen LogP contribution in [0.15, 0.2) is 30.5 Å². The maximum Gasteiger partial charge on any atom is 0.220 e. The highest BCUT2D eigenvalue weighted by Crippen LogP contribution is 2.65. The van der Waals surface area contributed by atoms with Gasteiger partial charge in [-0.1, -0.05) is 26.0 Å². The summed E-state index contributed by atoms with van der Waals surface area (Å²) in [6.07, 6.45) is 16.3. The predicted octanol–water partition coefficient (Wildman–Crippen LogP) is 5.23. The van der Waals surface area contributed by atoms with Crippen LogP contribution in [0.5, 0.6) is 0 Å². The van der Waals surface area contributed by atoms with Gasteiger partial charge < -0.3 is 5.32 Å². The van der Waals surface area contributed by atoms with Gasteiger partial charge >= 0.3 is 0 Å². The van der Waals surface area contributed by atoms with E-state index in [4.69, 9.17) is 0 Å². The third kappa shape index (κ3) is 2.76. The largest absolute Gasteiger partial charge is 0.353 e. The molecule has 3 heteroatoms. The van der Waals surface area contributed by atoms with E-state index in [0.717, 1.165) is 36.3 Å². The van der Waals surface area contributed by atoms with Crippen molar-refractivity contribution in [3.05, 3.63) is 36.2 Å². The second kappa shape index (κ2) is 6.71. The Balaban J connectivity index is 1.37. The van der Waals surface area contributed by atoms with Crippen molar-refractivity contribution in [1.82, 2.24) is 10.3 Å². The van der Waals surface area contributed by atoms with Gasteiger partial charge in [0.1, 0.15) is 0 Å². The summed E-state index contributed by atoms with van der Waals surface area (Å²) in [6.45, 7) is 5.06. The number of allylic oxidation sites excluding steroid dienone is 1. The quantitative estimate of drug-likeness (QED) is 0.765. The number of carbonyl (C=O) groups excluding carboxylic acids is 1. The smallest absolute Gasteiger partial charge is 0.220 e. The SMILES string of the molecule is C[C@]12CCC(=O)N[C@@H]1CC[C@@H]1[C@@H]2CC[C@]2(C)[C@@H](/C=C\c3ccccn3)CC[C@@H]12. The topological polar surface area (TPSA) is 42.0 Å². The van der Waals surface area contributed by atoms with Crippen LogP contribution in [0.25, 0.3) is 6.08 Å². The molecule has 150 valence electrons. The van der Waals surface area contributed by atoms with Crippen LogP contribution in [0.2, 0.25) is 0 Å². The Morgan fingerprint density at radius 2 is 1.89 bits per heavy atom. The number of nitrogens with zero attached hydrogens (tertiary/aromatic N) is 1. The number of fused-ring (bicyclic) bond motifs is 5. The Morgan fingerprint density at radius 3 is 2.71 bits per heavy atom. The number of nitrogens with one attached hydrogen (secondary N) is 1. The number of hydrogen-bond donors (Lipinski definition) is 1. The number of pyridine rings is 1. The fraction of sp³-hybridized carbons (Fsp3) is 0.680. The van der Waals surface area contributed by atoms with Gasteiger partial charge in [0.25, 0.3) is 0 Å². The van der Waals surface area contributed by atoms with Crippen LogP contribution < -0.4 is 5.32 Å². The van der Waals surface area contributed by atoms with Gasteiger partial charge in [0.2, 0.25) is 5.91 Å². The number of amides is 1. The molecule has 3 saturated carbocycles. The zero-order valence-corrected chi connectivity index (χ0v) is 17.4. The highest BCUT2D eigenvalue weighted by Gasteiger charge is 2.59. The monoisotopic (exact) mass is 378 g/mol. The summed E-state index contributed by atoms with van der Waals surface area (Å²) < 4.78 is 0. The molecular formula is C25H34N2O. The predicted molar refractivity (Wildman–Crippen MR) is 112 cm³/mol. The zero-order valence-electron chi connectivity index (χ0n) is 17.4. The Kier molecular flexibility index (Phi) is 4.41. The van der Waals surface area contributed by atoms with Crippen molar-refractivity contribution in [3.63, 3.8) is 0 Å². The van der Waals surface area contributed by atoms with Crippen molar-refractivity contribution < 1.29 is 4.79 Å². The summed E-state index contributed by atoms with van der Waals surface area (Å²) in [6, 6.07) is 6.57. The zero-order chi connectivity index (χ0) is 19.4. The third-order valence-electron chi connectivity index (χ3n) is 9.36. The molecule has 0 aromatic carbocycles. The summed E-state index contributed by atoms with van der Waals surface area (Å²) in [4.78, 5) is 16.4. The first-order valence-electron chi connectivity index (χ1n) is 11.4. The molecule has 1 aromatic rings. The second-order valence-corrected chi connectivity index (χ2v) is 10.4. The average Bonchev–Trinajstić information content (AvgIpc) is 3.04. The van der Waals surface area contributed by atoms with E-state index in [-0.39, 0.29) is 5.91 Å². The van der Waals surface area contributed by atoms with Gasteiger partial charge in [0.15, 0.2) is 0 Å². The molecule has 0 radical (unpaired) electrons. The first-order chi connectivity index (χ1) is 13.5. The normalized spacial score (nSPS) is 45.2. The molecule has 1 aromatic heterocycles. The Hall–Kier alpha value is -1.64. The highest BCUT2D eigenvalue weighted by molar-refractivity contribution is 5.77. The molecule has 1 saturated heterocycles. The number of carbonyl (C=O) groups is 1. The molecule has 0 unspecified atom stereocenters. The van der Waals surface area contributed by atoms with Crippen molar-refractivity contribution in [3.8, 4) is 0 Å². The van der Waals surface area contributed by atoms with Crippen LogP contribution in [0.3, 0.4) is 0 Å². The molecule has 1 N–H and O–H groups in total. The van der Waals surface area contributed by atoms with Gasteiger partial charge in [0.05, 0.1) is 5.69 Å². The minimum absolute atomic E-state index is 0.280. The van der Waals surface area contributed by atoms with Gasteiger partial charge in [-0.15, -0.1) is 0 Å². The fourth-order valence-electron chi connectivity index (χ4n) is 7.75. The molecule has 1 aliphatic heterocycles. The standard InChI is InChI=1S/C25H34N2O/c1-24-14-12-21-19(9-11-22-25(21,2)15-13-23(28)27-22)20(24)10-7-17(24)6-8-18-5-3-4-16-26-18/h3-6,8,16-17,19-22H,7,9-15H2,1-2H3,(H,27,28)/b8-6-/t17-,19-,20-,21-,22+,24+,25+/m0/s1. The van der Waals surface area contributed by atoms with Gasteiger partial charge in [0, 0.05) is 18.7 Å². The van der Waals surface area contributed by atoms with Crippen LogP contribution >= 0.6 is 0 Å². The van der Waals surface area contributed by atoms with E-state index in [1.165, 1.54) is 38.5 Å². The lowest BCUT2D eigenvalue weighted by molar-refractivity contribution is -0.136. The van der Waals surface area contributed by atoms with E-state index in [0.29, 0.717) is 22.8 Å². The molecule has 3 nitrogen and oxygen atoms in total. The van der Waals surface area contributed by atoms with Crippen molar-refractivity contribution in [2.75, 3.05) is 0 Å². The Morgan fingerprint density at radius 1 is 1.04 bits per heavy atom. The first-order valence-corrected chi connectivity index (χ1v) is 11.4. The lowest BCUT2D eigenvalue weighted by Crippen LogP contribution is -2.61. The molecule has 4 fully saturated rings. The van der Waals surface area contributed by atoms with E-state index < -0.39 is 0 Å². The molecular weight excluding hydrogens is 344 g/mol. The number of hydrogen-bond acceptors (Lipinski definition) is 2. The molecule has 7 atom stereocenters. The average molecular weight is 379 g/mol. The lowest BCUT2D eigenvalue weighted by atomic mass is 9.47. The Labute approximate surface area is 169 Å². The highest BCUT2D eigenvalue weighted by atomic mass is 16.1. The molecule has 1 amide bonds. The van der Waals surface area contributed by atoms with Gasteiger partial charge in [-0.3, -0.25) is 9.78 Å². The van der Waals surface area contributed by atoms with Crippen molar-refractivity contribution >= 4 is 12.0 Å². The van der Waals surface area contributed by atoms with Crippen molar-refractivity contribution in [1.29, 1.82) is 0 Å². The maximum absolute atomic E-state index is 12.0. The van der Waals surface area contributed by atoms with E-state index in [9.17, 15) is 4.79 Å². The van der Waals surface area contributed by atoms with Crippen LogP contribution in [-0.4, -0.2) is 16.9 Å². The summed E-state index contributed by atoms with van der Waals surface area (Å²) >= 11 is 0. The van der Waals surface area contributed by atoms with E-state index >= 15 is 0 Å². The summed E-state index contributed by atoms with van der Waals surface area (Å²) in [5.74, 6) is 3.45. The number of rotatable bonds is 2. The van der Waals surface area contributed by atoms with Crippen LogP contribution in [0.4, 0.5) is 0 Å². The minimum atomic E-state index is 0.280. The second-order valence-electron chi connectivity index (χ2n) is 10.4. The summed E-state index contributed by atoms with van der Waals surface area (Å²) in [5.41, 5.74) is 1.84. The number of aromatic nitrogens is 1. The van der Waals surface area contributed by atoms with Gasteiger partial charge in [-0.05, 0) is 97.7 Å². The summed E-state index contributed by atoms with van der Waals surface area (Å²) in [5, 5.41) is 3.35. The third-order valence-corrected chi connectivity index (χ3v) is 9.36. The summed E-state index contributed by atoms with van der Waals surface area (Å²) in [7, 11) is 0. The maximum atomic E-state index is 12.0. The molecule has 3 aliphatic carbocycles. The Bertz CT molecular complexity index is 774. The van der Waals surface area contributed by atoms with Crippen molar-refractivity contribution in [2.45, 2.75) is 71.3 Å². The van der Waals surface area contributed by atoms with E-state index in [2.05, 4.69) is 48.4 Å². The number of piperidine rings is 1. The van der Waals surface area contributed by atoms with Gasteiger partial charge in [-0.25, -0.2) is 0 Å².